The molecule has 0 amide bonds. The van der Waals surface area contributed by atoms with Crippen molar-refractivity contribution in [3.05, 3.63) is 218 Å². The molecule has 2 heterocycles. The topological polar surface area (TPSA) is 43.6 Å². The van der Waals surface area contributed by atoms with Gasteiger partial charge in [0.25, 0.3) is 0 Å². The van der Waals surface area contributed by atoms with Gasteiger partial charge in [0.15, 0.2) is 25.5 Å². The van der Waals surface area contributed by atoms with E-state index in [0.717, 1.165) is 33.4 Å². The lowest BCUT2D eigenvalue weighted by Crippen LogP contribution is -2.74. The zero-order chi connectivity index (χ0) is 37.3. The molecule has 0 radical (unpaired) electrons. The van der Waals surface area contributed by atoms with E-state index in [9.17, 15) is 0 Å². The van der Waals surface area contributed by atoms with Crippen LogP contribution in [0.1, 0.15) is 0 Å². The van der Waals surface area contributed by atoms with E-state index >= 15 is 0 Å². The zero-order valence-electron chi connectivity index (χ0n) is 30.6. The normalized spacial score (nSPS) is 11.6. The molecule has 0 N–H and O–H groups in total. The third-order valence-corrected chi connectivity index (χ3v) is 15.6. The predicted molar refractivity (Wildman–Crippen MR) is 234 cm³/mol. The molecule has 10 rings (SSSR count). The van der Waals surface area contributed by atoms with Crippen LogP contribution in [0, 0.1) is 0 Å². The summed E-state index contributed by atoms with van der Waals surface area (Å²) in [4.78, 5) is 15.8. The summed E-state index contributed by atoms with van der Waals surface area (Å²) in [5.74, 6) is 1.88. The first-order chi connectivity index (χ1) is 27.8. The average molecular weight is 733 g/mol. The summed E-state index contributed by atoms with van der Waals surface area (Å²) in [6, 6.07) is 77.8. The summed E-state index contributed by atoms with van der Waals surface area (Å²) in [5, 5.41) is 7.62. The first kappa shape index (κ1) is 33.4. The van der Waals surface area contributed by atoms with Gasteiger partial charge in [0.1, 0.15) is 0 Å². The number of aromatic nitrogens is 4. The zero-order valence-corrected chi connectivity index (χ0v) is 31.6. The lowest BCUT2D eigenvalue weighted by molar-refractivity contribution is 1.06. The smallest absolute Gasteiger partial charge is 0.179 e. The molecule has 0 spiro atoms. The van der Waals surface area contributed by atoms with Crippen LogP contribution < -0.4 is 20.7 Å². The Morgan fingerprint density at radius 2 is 0.732 bits per heavy atom. The molecule has 4 nitrogen and oxygen atoms in total. The second kappa shape index (κ2) is 14.2. The molecule has 0 fully saturated rings. The fraction of sp³-hybridized carbons (Fsp3) is 0. The van der Waals surface area contributed by atoms with Gasteiger partial charge in [0.2, 0.25) is 0 Å². The third kappa shape index (κ3) is 5.65. The molecule has 2 aromatic heterocycles. The van der Waals surface area contributed by atoms with Gasteiger partial charge >= 0.3 is 0 Å². The van der Waals surface area contributed by atoms with Crippen molar-refractivity contribution in [2.75, 3.05) is 0 Å². The molecule has 0 unspecified atom stereocenters. The van der Waals surface area contributed by atoms with Crippen molar-refractivity contribution >= 4 is 50.6 Å². The predicted octanol–water partition coefficient (Wildman–Crippen LogP) is 9.35. The van der Waals surface area contributed by atoms with Crippen LogP contribution in [0.2, 0.25) is 0 Å². The fourth-order valence-corrected chi connectivity index (χ4v) is 13.1. The van der Waals surface area contributed by atoms with Gasteiger partial charge in [-0.1, -0.05) is 194 Å². The number of rotatable bonds is 8. The second-order valence-corrected chi connectivity index (χ2v) is 17.8. The molecular formula is C51H36N4Si. The monoisotopic (exact) mass is 732 g/mol. The van der Waals surface area contributed by atoms with E-state index in [1.165, 1.54) is 31.5 Å². The first-order valence-corrected chi connectivity index (χ1v) is 21.0. The Balaban J connectivity index is 1.22. The Labute approximate surface area is 327 Å². The highest BCUT2D eigenvalue weighted by Gasteiger charge is 2.41. The van der Waals surface area contributed by atoms with E-state index in [0.29, 0.717) is 17.5 Å². The molecule has 0 aliphatic carbocycles. The van der Waals surface area contributed by atoms with Crippen molar-refractivity contribution < 1.29 is 0 Å². The molecule has 264 valence electrons. The standard InChI is InChI=1S/C51H36N4Si/c1-5-20-37(21-6-1)49-52-50(54-51(53-49)45-32-15-18-35-48(45)55-46-33-16-13-30-43(46)44-31-14-17-34-47(44)55)38-22-19-29-42(36-38)56(39-23-7-2-8-24-39,40-25-9-3-10-26-40)41-27-11-4-12-28-41/h1-36H. The van der Waals surface area contributed by atoms with Gasteiger partial charge < -0.3 is 4.57 Å². The molecule has 0 saturated carbocycles. The van der Waals surface area contributed by atoms with Crippen LogP contribution in [-0.2, 0) is 0 Å². The largest absolute Gasteiger partial charge is 0.309 e. The van der Waals surface area contributed by atoms with Gasteiger partial charge in [0, 0.05) is 27.5 Å². The molecule has 0 aliphatic rings. The van der Waals surface area contributed by atoms with Crippen molar-refractivity contribution in [3.8, 4) is 39.9 Å². The summed E-state index contributed by atoms with van der Waals surface area (Å²) < 4.78 is 2.34. The minimum absolute atomic E-state index is 0.620. The van der Waals surface area contributed by atoms with Crippen LogP contribution >= 0.6 is 0 Å². The van der Waals surface area contributed by atoms with E-state index < -0.39 is 8.07 Å². The molecule has 0 aliphatic heterocycles. The number of fused-ring (bicyclic) bond motifs is 3. The van der Waals surface area contributed by atoms with E-state index in [1.807, 2.05) is 18.2 Å². The maximum Gasteiger partial charge on any atom is 0.179 e. The minimum atomic E-state index is -2.79. The van der Waals surface area contributed by atoms with E-state index in [1.54, 1.807) is 0 Å². The second-order valence-electron chi connectivity index (χ2n) is 14.0. The highest BCUT2D eigenvalue weighted by molar-refractivity contribution is 7.19. The molecule has 8 aromatic carbocycles. The molecular weight excluding hydrogens is 697 g/mol. The van der Waals surface area contributed by atoms with Crippen molar-refractivity contribution in [2.24, 2.45) is 0 Å². The Hall–Kier alpha value is -7.21. The van der Waals surface area contributed by atoms with E-state index in [2.05, 4.69) is 205 Å². The number of hydrogen-bond acceptors (Lipinski definition) is 3. The summed E-state index contributed by atoms with van der Waals surface area (Å²) >= 11 is 0. The highest BCUT2D eigenvalue weighted by atomic mass is 28.3. The third-order valence-electron chi connectivity index (χ3n) is 10.8. The van der Waals surface area contributed by atoms with Crippen LogP contribution in [0.15, 0.2) is 218 Å². The Kier molecular flexibility index (Phi) is 8.47. The highest BCUT2D eigenvalue weighted by Crippen LogP contribution is 2.36. The summed E-state index contributed by atoms with van der Waals surface area (Å²) in [6.07, 6.45) is 0. The van der Waals surface area contributed by atoms with Crippen molar-refractivity contribution in [1.82, 2.24) is 19.5 Å². The van der Waals surface area contributed by atoms with Crippen molar-refractivity contribution in [3.63, 3.8) is 0 Å². The fourth-order valence-electron chi connectivity index (χ4n) is 8.34. The molecule has 5 heteroatoms. The van der Waals surface area contributed by atoms with Crippen LogP contribution in [0.5, 0.6) is 0 Å². The lowest BCUT2D eigenvalue weighted by atomic mass is 10.1. The van der Waals surface area contributed by atoms with Gasteiger partial charge in [-0.25, -0.2) is 15.0 Å². The molecule has 56 heavy (non-hydrogen) atoms. The SMILES string of the molecule is c1ccc(-c2nc(-c3cccc([Si](c4ccccc4)(c4ccccc4)c4ccccc4)c3)nc(-c3ccccc3-n3c4ccccc4c4ccccc43)n2)cc1. The Morgan fingerprint density at radius 1 is 0.321 bits per heavy atom. The number of nitrogens with zero attached hydrogens (tertiary/aromatic N) is 4. The summed E-state index contributed by atoms with van der Waals surface area (Å²) in [7, 11) is -2.79. The van der Waals surface area contributed by atoms with Gasteiger partial charge in [-0.05, 0) is 45.0 Å². The number of benzene rings is 8. The van der Waals surface area contributed by atoms with E-state index in [-0.39, 0.29) is 0 Å². The number of para-hydroxylation sites is 3. The lowest BCUT2D eigenvalue weighted by Gasteiger charge is -2.34. The molecule has 10 aromatic rings. The van der Waals surface area contributed by atoms with Crippen LogP contribution in [0.3, 0.4) is 0 Å². The van der Waals surface area contributed by atoms with E-state index in [4.69, 9.17) is 15.0 Å². The van der Waals surface area contributed by atoms with Crippen LogP contribution in [0.25, 0.3) is 61.7 Å². The average Bonchev–Trinajstić information content (AvgIpc) is 3.62. The van der Waals surface area contributed by atoms with Gasteiger partial charge in [-0.15, -0.1) is 0 Å². The Morgan fingerprint density at radius 3 is 1.30 bits per heavy atom. The first-order valence-electron chi connectivity index (χ1n) is 19.0. The van der Waals surface area contributed by atoms with Gasteiger partial charge in [0.05, 0.1) is 16.7 Å². The van der Waals surface area contributed by atoms with Crippen molar-refractivity contribution in [1.29, 1.82) is 0 Å². The van der Waals surface area contributed by atoms with Crippen LogP contribution in [0.4, 0.5) is 0 Å². The Bertz CT molecular complexity index is 2810. The quantitative estimate of drug-likeness (QED) is 0.116. The van der Waals surface area contributed by atoms with Crippen molar-refractivity contribution in [2.45, 2.75) is 0 Å². The maximum atomic E-state index is 5.35. The molecule has 0 atom stereocenters. The van der Waals surface area contributed by atoms with Gasteiger partial charge in [-0.2, -0.15) is 0 Å². The number of hydrogen-bond donors (Lipinski definition) is 0. The minimum Gasteiger partial charge on any atom is -0.309 e. The summed E-state index contributed by atoms with van der Waals surface area (Å²) in [5.41, 5.74) is 6.09. The molecule has 0 bridgehead atoms. The summed E-state index contributed by atoms with van der Waals surface area (Å²) in [6.45, 7) is 0. The van der Waals surface area contributed by atoms with Gasteiger partial charge in [-0.3, -0.25) is 0 Å². The molecule has 0 saturated heterocycles. The van der Waals surface area contributed by atoms with Crippen LogP contribution in [-0.4, -0.2) is 27.6 Å². The maximum absolute atomic E-state index is 5.35.